The zero-order chi connectivity index (χ0) is 17.5. The molecule has 1 fully saturated rings. The molecule has 1 aliphatic carbocycles. The maximum Gasteiger partial charge on any atom is 0.256 e. The minimum Gasteiger partial charge on any atom is -0.324 e. The molecule has 3 heterocycles. The third-order valence-corrected chi connectivity index (χ3v) is 6.18. The summed E-state index contributed by atoms with van der Waals surface area (Å²) < 4.78 is 0. The highest BCUT2D eigenvalue weighted by molar-refractivity contribution is 5.81. The number of aromatic amines is 1. The smallest absolute Gasteiger partial charge is 0.256 e. The van der Waals surface area contributed by atoms with E-state index in [2.05, 4.69) is 40.2 Å². The predicted octanol–water partition coefficient (Wildman–Crippen LogP) is 3.91. The van der Waals surface area contributed by atoms with Crippen LogP contribution >= 0.6 is 0 Å². The Hall–Kier alpha value is -2.39. The van der Waals surface area contributed by atoms with Crippen LogP contribution in [0.1, 0.15) is 29.7 Å². The maximum atomic E-state index is 12.4. The largest absolute Gasteiger partial charge is 0.324 e. The average Bonchev–Trinajstić information content (AvgIpc) is 2.63. The van der Waals surface area contributed by atoms with Crippen molar-refractivity contribution in [2.45, 2.75) is 38.3 Å². The van der Waals surface area contributed by atoms with Gasteiger partial charge in [0, 0.05) is 30.2 Å². The number of hydrogen-bond acceptors (Lipinski definition) is 2. The van der Waals surface area contributed by atoms with Crippen LogP contribution in [0, 0.1) is 5.92 Å². The third kappa shape index (κ3) is 2.86. The number of nitrogens with one attached hydrogen (secondary N) is 1. The molecule has 2 atom stereocenters. The standard InChI is InChI=1S/C23H24N2O/c26-23-22-8-4-3-7-19(22)12-20(24-23)15-25-14-16-9-10-21(25)13-18-6-2-1-5-17(18)11-16/h1-8,12,16,21H,9-11,13-15H2,(H,24,26). The highest BCUT2D eigenvalue weighted by atomic mass is 16.1. The molecule has 26 heavy (non-hydrogen) atoms. The molecule has 132 valence electrons. The van der Waals surface area contributed by atoms with Gasteiger partial charge in [-0.2, -0.15) is 0 Å². The molecule has 0 saturated carbocycles. The van der Waals surface area contributed by atoms with E-state index in [9.17, 15) is 4.79 Å². The summed E-state index contributed by atoms with van der Waals surface area (Å²) in [6.07, 6.45) is 4.90. The van der Waals surface area contributed by atoms with E-state index < -0.39 is 0 Å². The van der Waals surface area contributed by atoms with Gasteiger partial charge in [-0.3, -0.25) is 9.69 Å². The molecule has 6 rings (SSSR count). The fourth-order valence-corrected chi connectivity index (χ4v) is 4.87. The minimum atomic E-state index is 0.0284. The van der Waals surface area contributed by atoms with Crippen LogP contribution in [0.5, 0.6) is 0 Å². The van der Waals surface area contributed by atoms with Crippen molar-refractivity contribution in [3.8, 4) is 0 Å². The van der Waals surface area contributed by atoms with Gasteiger partial charge in [-0.25, -0.2) is 0 Å². The van der Waals surface area contributed by atoms with Crippen molar-refractivity contribution in [2.75, 3.05) is 6.54 Å². The highest BCUT2D eigenvalue weighted by Gasteiger charge is 2.31. The van der Waals surface area contributed by atoms with Crippen LogP contribution in [0.4, 0.5) is 0 Å². The lowest BCUT2D eigenvalue weighted by Gasteiger charge is -2.42. The monoisotopic (exact) mass is 344 g/mol. The molecule has 2 aromatic carbocycles. The van der Waals surface area contributed by atoms with Crippen molar-refractivity contribution >= 4 is 10.8 Å². The first kappa shape index (κ1) is 15.8. The molecule has 3 aliphatic rings. The summed E-state index contributed by atoms with van der Waals surface area (Å²) in [6.45, 7) is 1.97. The van der Waals surface area contributed by atoms with E-state index in [4.69, 9.17) is 0 Å². The van der Waals surface area contributed by atoms with Crippen LogP contribution in [0.2, 0.25) is 0 Å². The molecule has 2 aliphatic heterocycles. The molecule has 3 nitrogen and oxygen atoms in total. The van der Waals surface area contributed by atoms with Crippen molar-refractivity contribution in [2.24, 2.45) is 5.92 Å². The third-order valence-electron chi connectivity index (χ3n) is 6.18. The van der Waals surface area contributed by atoms with E-state index in [0.29, 0.717) is 6.04 Å². The van der Waals surface area contributed by atoms with Crippen molar-refractivity contribution in [1.29, 1.82) is 0 Å². The number of aromatic nitrogens is 1. The lowest BCUT2D eigenvalue weighted by Crippen LogP contribution is -2.46. The fourth-order valence-electron chi connectivity index (χ4n) is 4.87. The van der Waals surface area contributed by atoms with Crippen molar-refractivity contribution in [1.82, 2.24) is 9.88 Å². The zero-order valence-corrected chi connectivity index (χ0v) is 14.9. The number of fused-ring (bicyclic) bond motifs is 3. The van der Waals surface area contributed by atoms with Gasteiger partial charge in [0.25, 0.3) is 5.56 Å². The second-order valence-electron chi connectivity index (χ2n) is 7.91. The van der Waals surface area contributed by atoms with E-state index in [1.54, 1.807) is 5.56 Å². The second kappa shape index (κ2) is 6.40. The molecule has 1 aromatic heterocycles. The van der Waals surface area contributed by atoms with Gasteiger partial charge in [-0.15, -0.1) is 0 Å². The van der Waals surface area contributed by atoms with Gasteiger partial charge < -0.3 is 4.98 Å². The molecule has 3 aromatic rings. The summed E-state index contributed by atoms with van der Waals surface area (Å²) in [5.74, 6) is 0.722. The van der Waals surface area contributed by atoms with E-state index in [1.165, 1.54) is 24.8 Å². The first-order chi connectivity index (χ1) is 12.8. The first-order valence-corrected chi connectivity index (χ1v) is 9.68. The topological polar surface area (TPSA) is 36.1 Å². The summed E-state index contributed by atoms with van der Waals surface area (Å²) >= 11 is 0. The quantitative estimate of drug-likeness (QED) is 0.765. The Morgan fingerprint density at radius 1 is 0.962 bits per heavy atom. The van der Waals surface area contributed by atoms with Gasteiger partial charge in [0.15, 0.2) is 0 Å². The van der Waals surface area contributed by atoms with Crippen LogP contribution in [0.25, 0.3) is 10.8 Å². The predicted molar refractivity (Wildman–Crippen MR) is 105 cm³/mol. The van der Waals surface area contributed by atoms with Gasteiger partial charge in [-0.05, 0) is 60.2 Å². The normalized spacial score (nSPS) is 22.8. The number of H-pyrrole nitrogens is 1. The van der Waals surface area contributed by atoms with Crippen LogP contribution in [0.3, 0.4) is 0 Å². The summed E-state index contributed by atoms with van der Waals surface area (Å²) in [7, 11) is 0. The zero-order valence-electron chi connectivity index (χ0n) is 14.9. The average molecular weight is 344 g/mol. The van der Waals surface area contributed by atoms with Crippen molar-refractivity contribution in [3.63, 3.8) is 0 Å². The molecular weight excluding hydrogens is 320 g/mol. The van der Waals surface area contributed by atoms with Gasteiger partial charge in [0.2, 0.25) is 0 Å². The first-order valence-electron chi connectivity index (χ1n) is 9.68. The summed E-state index contributed by atoms with van der Waals surface area (Å²) in [5.41, 5.74) is 4.12. The van der Waals surface area contributed by atoms with Crippen LogP contribution in [0.15, 0.2) is 59.4 Å². The fraction of sp³-hybridized carbons (Fsp3) is 0.348. The number of nitrogens with zero attached hydrogens (tertiary/aromatic N) is 1. The number of piperidine rings is 1. The molecule has 2 bridgehead atoms. The molecule has 0 radical (unpaired) electrons. The number of benzene rings is 2. The Kier molecular flexibility index (Phi) is 3.90. The second-order valence-corrected chi connectivity index (χ2v) is 7.91. The Labute approximate surface area is 153 Å². The Morgan fingerprint density at radius 2 is 1.73 bits per heavy atom. The van der Waals surface area contributed by atoms with Crippen LogP contribution in [-0.4, -0.2) is 22.5 Å². The highest BCUT2D eigenvalue weighted by Crippen LogP contribution is 2.32. The number of rotatable bonds is 2. The summed E-state index contributed by atoms with van der Waals surface area (Å²) in [6, 6.07) is 19.5. The van der Waals surface area contributed by atoms with Crippen molar-refractivity contribution < 1.29 is 0 Å². The van der Waals surface area contributed by atoms with Crippen LogP contribution < -0.4 is 5.56 Å². The molecule has 1 N–H and O–H groups in total. The molecule has 0 spiro atoms. The summed E-state index contributed by atoms with van der Waals surface area (Å²) in [5, 5.41) is 1.81. The Balaban J connectivity index is 1.45. The molecule has 1 saturated heterocycles. The van der Waals surface area contributed by atoms with Gasteiger partial charge in [0.1, 0.15) is 0 Å². The Bertz CT molecular complexity index is 1010. The van der Waals surface area contributed by atoms with E-state index in [0.717, 1.165) is 41.9 Å². The molecule has 0 amide bonds. The number of hydrogen-bond donors (Lipinski definition) is 1. The van der Waals surface area contributed by atoms with E-state index in [-0.39, 0.29) is 5.56 Å². The van der Waals surface area contributed by atoms with Gasteiger partial charge in [0.05, 0.1) is 0 Å². The number of pyridine rings is 1. The summed E-state index contributed by atoms with van der Waals surface area (Å²) in [4.78, 5) is 18.1. The lowest BCUT2D eigenvalue weighted by atomic mass is 9.80. The van der Waals surface area contributed by atoms with Gasteiger partial charge >= 0.3 is 0 Å². The van der Waals surface area contributed by atoms with Crippen molar-refractivity contribution in [3.05, 3.63) is 81.8 Å². The lowest BCUT2D eigenvalue weighted by molar-refractivity contribution is 0.0925. The maximum absolute atomic E-state index is 12.4. The SMILES string of the molecule is O=c1[nH]c(CN2CC3CCC2Cc2ccccc2C3)cc2ccccc12. The van der Waals surface area contributed by atoms with Gasteiger partial charge in [-0.1, -0.05) is 42.5 Å². The molecule has 2 unspecified atom stereocenters. The minimum absolute atomic E-state index is 0.0284. The Morgan fingerprint density at radius 3 is 2.62 bits per heavy atom. The molecular formula is C23H24N2O. The van der Waals surface area contributed by atoms with E-state index >= 15 is 0 Å². The molecule has 3 heteroatoms. The van der Waals surface area contributed by atoms with E-state index in [1.807, 2.05) is 24.3 Å². The van der Waals surface area contributed by atoms with Crippen LogP contribution in [-0.2, 0) is 19.4 Å².